The Morgan fingerprint density at radius 3 is 1.77 bits per heavy atom. The maximum Gasteiger partial charge on any atom is 0.526 e. The maximum atomic E-state index is 13.6. The van der Waals surface area contributed by atoms with E-state index in [1.807, 2.05) is 101 Å². The lowest BCUT2D eigenvalue weighted by Gasteiger charge is -2.30. The van der Waals surface area contributed by atoms with Crippen molar-refractivity contribution in [2.45, 2.75) is 84.5 Å². The van der Waals surface area contributed by atoms with E-state index in [9.17, 15) is 19.2 Å². The van der Waals surface area contributed by atoms with Gasteiger partial charge in [-0.1, -0.05) is 71.7 Å². The summed E-state index contributed by atoms with van der Waals surface area (Å²) in [5, 5.41) is 26.0. The zero-order valence-electron chi connectivity index (χ0n) is 45.8. The minimum absolute atomic E-state index is 0.115. The first-order valence-electron chi connectivity index (χ1n) is 26.6. The number of benzene rings is 4. The first kappa shape index (κ1) is 58.0. The number of carbonyl (C=O) groups excluding carboxylic acids is 4. The van der Waals surface area contributed by atoms with E-state index in [2.05, 4.69) is 64.6 Å². The molecule has 22 heteroatoms. The molecule has 6 N–H and O–H groups in total. The van der Waals surface area contributed by atoms with Crippen LogP contribution in [-0.4, -0.2) is 110 Å². The number of aromatic nitrogens is 4. The third-order valence-corrected chi connectivity index (χ3v) is 15.5. The third kappa shape index (κ3) is 13.3. The van der Waals surface area contributed by atoms with Crippen LogP contribution in [0.2, 0.25) is 0 Å². The minimum atomic E-state index is -1.55. The van der Waals surface area contributed by atoms with Crippen LogP contribution in [0.4, 0.5) is 9.59 Å². The zero-order chi connectivity index (χ0) is 57.6. The maximum absolute atomic E-state index is 13.6. The van der Waals surface area contributed by atoms with Gasteiger partial charge in [-0.3, -0.25) is 9.59 Å². The van der Waals surface area contributed by atoms with Crippen LogP contribution in [0.15, 0.2) is 132 Å². The van der Waals surface area contributed by atoms with Crippen molar-refractivity contribution in [3.05, 3.63) is 136 Å². The molecule has 2 fully saturated rings. The molecule has 2 saturated heterocycles. The number of methoxy groups -OCH3 is 2. The smallest absolute Gasteiger partial charge is 0.465 e. The highest BCUT2D eigenvalue weighted by Crippen LogP contribution is 2.37. The molecule has 4 amide bonds. The first-order chi connectivity index (χ1) is 38.9. The number of alkyl carbamates (subject to hydrolysis) is 2. The standard InChI is InChI=1S/C43H52N8O7.C8H6BBrO3.C8H5BrO/c1-23(2)36(48-42(54)56-6)40(52)50-16-8-10-32(50)38-44-21-30(46-38)26-13-15-34-28(19-26)20-35(58-34)27-12-14-29(25(5)18-27)31-22-45-39(47-31)33-11-9-17-51(33)41(53)37(24(3)4)49-43(55)57-7;10-6-1-2-7-5(3-6)4-8(13-7)9(11)12;9-7-1-2-8-6(5-7)3-4-10-8/h12-15,18-24,32-33,36-37H,8-11,16-17H2,1-7H3,(H,44,46)(H,45,47)(H,48,54)(H,49,55);1-4,11-12H;1-5H/t32-,33-,36-,37-;;/m0../s1. The molecule has 0 unspecified atom stereocenters. The summed E-state index contributed by atoms with van der Waals surface area (Å²) in [7, 11) is 1.02. The van der Waals surface area contributed by atoms with Crippen molar-refractivity contribution in [2.75, 3.05) is 27.3 Å². The summed E-state index contributed by atoms with van der Waals surface area (Å²) >= 11 is 6.69. The molecule has 81 heavy (non-hydrogen) atoms. The Labute approximate surface area is 484 Å². The van der Waals surface area contributed by atoms with E-state index in [1.54, 1.807) is 40.6 Å². The Morgan fingerprint density at radius 2 is 1.19 bits per heavy atom. The van der Waals surface area contributed by atoms with Crippen molar-refractivity contribution < 1.29 is 52.0 Å². The molecular weight excluding hydrogens is 1170 g/mol. The van der Waals surface area contributed by atoms with Crippen LogP contribution in [0, 0.1) is 18.8 Å². The van der Waals surface area contributed by atoms with Crippen molar-refractivity contribution in [3.63, 3.8) is 0 Å². The number of rotatable bonds is 12. The summed E-state index contributed by atoms with van der Waals surface area (Å²) in [5.74, 6) is 1.62. The molecule has 9 aromatic rings. The number of nitrogens with one attached hydrogen (secondary N) is 4. The Morgan fingerprint density at radius 1 is 0.654 bits per heavy atom. The zero-order valence-corrected chi connectivity index (χ0v) is 49.0. The van der Waals surface area contributed by atoms with Crippen LogP contribution in [0.3, 0.4) is 0 Å². The van der Waals surface area contributed by atoms with E-state index >= 15 is 0 Å². The van der Waals surface area contributed by atoms with Crippen LogP contribution in [-0.2, 0) is 19.1 Å². The molecule has 0 radical (unpaired) electrons. The van der Waals surface area contributed by atoms with Crippen LogP contribution >= 0.6 is 31.9 Å². The molecule has 11 rings (SSSR count). The van der Waals surface area contributed by atoms with Gasteiger partial charge in [0.05, 0.1) is 56.3 Å². The molecule has 422 valence electrons. The number of amides is 4. The minimum Gasteiger partial charge on any atom is -0.465 e. The molecule has 5 aromatic heterocycles. The number of halogens is 2. The largest absolute Gasteiger partial charge is 0.526 e. The van der Waals surface area contributed by atoms with Gasteiger partial charge in [-0.25, -0.2) is 19.6 Å². The highest BCUT2D eigenvalue weighted by atomic mass is 79.9. The lowest BCUT2D eigenvalue weighted by molar-refractivity contribution is -0.136. The first-order valence-corrected chi connectivity index (χ1v) is 28.2. The third-order valence-electron chi connectivity index (χ3n) is 14.5. The molecule has 7 heterocycles. The number of furan rings is 3. The van der Waals surface area contributed by atoms with E-state index in [0.717, 1.165) is 101 Å². The predicted molar refractivity (Wildman–Crippen MR) is 315 cm³/mol. The van der Waals surface area contributed by atoms with Gasteiger partial charge >= 0.3 is 19.3 Å². The number of imidazole rings is 2. The normalized spacial score (nSPS) is 15.8. The number of nitrogens with zero attached hydrogens (tertiary/aromatic N) is 4. The number of hydrogen-bond donors (Lipinski definition) is 6. The molecule has 0 bridgehead atoms. The van der Waals surface area contributed by atoms with Crippen molar-refractivity contribution in [1.82, 2.24) is 40.4 Å². The van der Waals surface area contributed by atoms with Crippen molar-refractivity contribution in [3.8, 4) is 33.8 Å². The SMILES string of the molecule is Brc1ccc2occc2c1.COC(=O)N[C@H](C(=O)N1CCC[C@H]1c1ncc(-c2ccc3oc(-c4ccc(-c5cnc([C@@H]6CCCN6C(=O)[C@@H](NC(=O)OC)C(C)C)[nH]5)c(C)c4)cc3c2)[nH]1)C(C)C.OB(O)c1cc2cc(Br)ccc2o1. The van der Waals surface area contributed by atoms with E-state index < -0.39 is 31.4 Å². The Balaban J connectivity index is 0.000000280. The van der Waals surface area contributed by atoms with Gasteiger partial charge in [0, 0.05) is 54.9 Å². The molecule has 19 nitrogen and oxygen atoms in total. The molecule has 4 aromatic carbocycles. The van der Waals surface area contributed by atoms with Gasteiger partial charge in [-0.2, -0.15) is 0 Å². The van der Waals surface area contributed by atoms with Crippen LogP contribution < -0.4 is 16.3 Å². The average molecular weight is 1230 g/mol. The van der Waals surface area contributed by atoms with Gasteiger partial charge in [0.25, 0.3) is 0 Å². The fourth-order valence-electron chi connectivity index (χ4n) is 10.3. The van der Waals surface area contributed by atoms with Gasteiger partial charge in [0.1, 0.15) is 51.9 Å². The molecular formula is C59H63BBr2N8O11. The van der Waals surface area contributed by atoms with E-state index in [1.165, 1.54) is 14.2 Å². The second-order valence-electron chi connectivity index (χ2n) is 20.7. The average Bonchev–Trinajstić information content (AvgIpc) is 4.40. The van der Waals surface area contributed by atoms with Crippen LogP contribution in [0.25, 0.3) is 66.7 Å². The van der Waals surface area contributed by atoms with E-state index in [-0.39, 0.29) is 41.4 Å². The topological polar surface area (TPSA) is 255 Å². The fourth-order valence-corrected chi connectivity index (χ4v) is 11.0. The Kier molecular flexibility index (Phi) is 18.2. The van der Waals surface area contributed by atoms with Gasteiger partial charge in [-0.15, -0.1) is 0 Å². The van der Waals surface area contributed by atoms with Crippen LogP contribution in [0.1, 0.15) is 82.7 Å². The fraction of sp³-hybridized carbons (Fsp3) is 0.322. The number of ether oxygens (including phenoxy) is 2. The summed E-state index contributed by atoms with van der Waals surface area (Å²) < 4.78 is 28.2. The highest BCUT2D eigenvalue weighted by molar-refractivity contribution is 9.10. The number of likely N-dealkylation sites (tertiary alicyclic amines) is 2. The summed E-state index contributed by atoms with van der Waals surface area (Å²) in [6.07, 6.45) is 7.24. The van der Waals surface area contributed by atoms with Crippen molar-refractivity contribution in [2.24, 2.45) is 11.8 Å². The summed E-state index contributed by atoms with van der Waals surface area (Å²) in [4.78, 5) is 71.1. The monoisotopic (exact) mass is 1230 g/mol. The second kappa shape index (κ2) is 25.4. The van der Waals surface area contributed by atoms with E-state index in [4.69, 9.17) is 42.7 Å². The van der Waals surface area contributed by atoms with Gasteiger partial charge in [0.15, 0.2) is 0 Å². The number of aromatic amines is 2. The van der Waals surface area contributed by atoms with Gasteiger partial charge < -0.3 is 63.2 Å². The number of carbonyl (C=O) groups is 4. The molecule has 2 aliphatic rings. The van der Waals surface area contributed by atoms with Gasteiger partial charge in [-0.05, 0) is 129 Å². The number of aryl methyl sites for hydroxylation is 1. The molecule has 0 spiro atoms. The second-order valence-corrected chi connectivity index (χ2v) is 22.5. The number of fused-ring (bicyclic) bond motifs is 3. The molecule has 4 atom stereocenters. The molecule has 0 saturated carbocycles. The number of H-pyrrole nitrogens is 2. The molecule has 2 aliphatic heterocycles. The van der Waals surface area contributed by atoms with Crippen molar-refractivity contribution >= 4 is 102 Å². The van der Waals surface area contributed by atoms with Gasteiger partial charge in [0.2, 0.25) is 11.8 Å². The van der Waals surface area contributed by atoms with E-state index in [0.29, 0.717) is 30.3 Å². The van der Waals surface area contributed by atoms with Crippen LogP contribution in [0.5, 0.6) is 0 Å². The predicted octanol–water partition coefficient (Wildman–Crippen LogP) is 11.3. The lowest BCUT2D eigenvalue weighted by atomic mass is 9.88. The quantitative estimate of drug-likeness (QED) is 0.0623. The molecule has 0 aliphatic carbocycles. The highest BCUT2D eigenvalue weighted by Gasteiger charge is 2.39. The van der Waals surface area contributed by atoms with Crippen molar-refractivity contribution in [1.29, 1.82) is 0 Å². The summed E-state index contributed by atoms with van der Waals surface area (Å²) in [5.41, 5.74) is 8.05. The number of hydrogen-bond acceptors (Lipinski definition) is 13. The Bertz CT molecular complexity index is 3700. The summed E-state index contributed by atoms with van der Waals surface area (Å²) in [6.45, 7) is 10.8. The Hall–Kier alpha value is -7.66. The lowest BCUT2D eigenvalue weighted by Crippen LogP contribution is -2.51. The summed E-state index contributed by atoms with van der Waals surface area (Å²) in [6, 6.07) is 27.3.